The fraction of sp³-hybridized carbons (Fsp3) is 0.786. The van der Waals surface area contributed by atoms with Crippen LogP contribution in [0.25, 0.3) is 0 Å². The van der Waals surface area contributed by atoms with Crippen molar-refractivity contribution in [3.05, 3.63) is 23.3 Å². The number of carbonyl (C=O) groups is 2. The first-order valence-corrected chi connectivity index (χ1v) is 13.4. The van der Waals surface area contributed by atoms with Crippen LogP contribution in [-0.4, -0.2) is 74.4 Å². The van der Waals surface area contributed by atoms with Crippen LogP contribution in [-0.2, 0) is 14.3 Å². The van der Waals surface area contributed by atoms with Crippen LogP contribution in [0, 0.1) is 40.4 Å². The Morgan fingerprint density at radius 3 is 2.44 bits per heavy atom. The zero-order chi connectivity index (χ0) is 26.2. The number of hydrogen-bond donors (Lipinski definition) is 5. The van der Waals surface area contributed by atoms with Crippen LogP contribution in [0.4, 0.5) is 0 Å². The number of aliphatic hydroxyl groups is 5. The average molecular weight is 505 g/mol. The molecule has 0 spiro atoms. The molecule has 1 aliphatic heterocycles. The van der Waals surface area contributed by atoms with Crippen molar-refractivity contribution in [2.45, 2.75) is 83.2 Å². The Morgan fingerprint density at radius 1 is 1.08 bits per heavy atom. The van der Waals surface area contributed by atoms with Crippen molar-refractivity contribution >= 4 is 11.8 Å². The Labute approximate surface area is 212 Å². The molecule has 1 heterocycles. The largest absolute Gasteiger partial charge is 0.458 e. The maximum atomic E-state index is 13.2. The van der Waals surface area contributed by atoms with Crippen molar-refractivity contribution in [1.29, 1.82) is 0 Å². The van der Waals surface area contributed by atoms with E-state index in [2.05, 4.69) is 0 Å². The molecular weight excluding hydrogens is 464 g/mol. The van der Waals surface area contributed by atoms with Crippen LogP contribution >= 0.6 is 0 Å². The average Bonchev–Trinajstić information content (AvgIpc) is 3.17. The lowest BCUT2D eigenvalue weighted by Crippen LogP contribution is -2.70. The fourth-order valence-corrected chi connectivity index (χ4v) is 9.22. The molecule has 4 aliphatic carbocycles. The second-order valence-electron chi connectivity index (χ2n) is 12.4. The highest BCUT2D eigenvalue weighted by Crippen LogP contribution is 2.68. The fourth-order valence-electron chi connectivity index (χ4n) is 9.22. The number of aliphatic hydroxyl groups excluding tert-OH is 4. The van der Waals surface area contributed by atoms with Crippen molar-refractivity contribution in [2.75, 3.05) is 13.2 Å². The van der Waals surface area contributed by atoms with Crippen molar-refractivity contribution in [1.82, 2.24) is 0 Å². The number of allylic oxidation sites excluding steroid dienone is 1. The number of carbonyl (C=O) groups excluding carboxylic acids is 2. The molecule has 0 aromatic carbocycles. The molecule has 11 unspecified atom stereocenters. The van der Waals surface area contributed by atoms with Gasteiger partial charge in [0, 0.05) is 18.9 Å². The van der Waals surface area contributed by atoms with Crippen molar-refractivity contribution in [2.24, 2.45) is 40.4 Å². The lowest BCUT2D eigenvalue weighted by Gasteiger charge is -2.64. The first-order valence-electron chi connectivity index (χ1n) is 13.4. The van der Waals surface area contributed by atoms with Crippen molar-refractivity contribution < 1.29 is 39.9 Å². The maximum Gasteiger partial charge on any atom is 0.336 e. The third-order valence-corrected chi connectivity index (χ3v) is 11.4. The normalized spacial score (nSPS) is 49.3. The molecule has 5 N–H and O–H groups in total. The van der Waals surface area contributed by atoms with Crippen LogP contribution < -0.4 is 0 Å². The predicted octanol–water partition coefficient (Wildman–Crippen LogP) is 1.28. The smallest absolute Gasteiger partial charge is 0.336 e. The van der Waals surface area contributed by atoms with E-state index in [0.717, 1.165) is 18.4 Å². The molecule has 11 atom stereocenters. The van der Waals surface area contributed by atoms with Crippen LogP contribution in [0.2, 0.25) is 0 Å². The summed E-state index contributed by atoms with van der Waals surface area (Å²) in [6.45, 7) is 5.02. The zero-order valence-electron chi connectivity index (χ0n) is 21.4. The van der Waals surface area contributed by atoms with Gasteiger partial charge >= 0.3 is 5.97 Å². The number of cyclic esters (lactones) is 1. The maximum absolute atomic E-state index is 13.2. The highest BCUT2D eigenvalue weighted by atomic mass is 16.5. The minimum atomic E-state index is -1.55. The van der Waals surface area contributed by atoms with E-state index >= 15 is 0 Å². The van der Waals surface area contributed by atoms with Gasteiger partial charge in [0.15, 0.2) is 5.78 Å². The Balaban J connectivity index is 1.48. The van der Waals surface area contributed by atoms with E-state index < -0.39 is 40.7 Å². The third kappa shape index (κ3) is 3.24. The van der Waals surface area contributed by atoms with E-state index in [1.165, 1.54) is 6.08 Å². The molecule has 200 valence electrons. The second-order valence-corrected chi connectivity index (χ2v) is 12.4. The van der Waals surface area contributed by atoms with Gasteiger partial charge in [-0.1, -0.05) is 18.6 Å². The van der Waals surface area contributed by atoms with Gasteiger partial charge in [0.2, 0.25) is 0 Å². The zero-order valence-corrected chi connectivity index (χ0v) is 21.4. The van der Waals surface area contributed by atoms with Gasteiger partial charge in [-0.25, -0.2) is 4.79 Å². The monoisotopic (exact) mass is 504 g/mol. The van der Waals surface area contributed by atoms with E-state index in [1.54, 1.807) is 19.9 Å². The van der Waals surface area contributed by atoms with Crippen LogP contribution in [0.1, 0.15) is 59.3 Å². The summed E-state index contributed by atoms with van der Waals surface area (Å²) < 4.78 is 5.70. The number of fused-ring (bicyclic) bond motifs is 5. The molecule has 8 nitrogen and oxygen atoms in total. The summed E-state index contributed by atoms with van der Waals surface area (Å²) in [6.07, 6.45) is 3.59. The van der Waals surface area contributed by atoms with E-state index in [-0.39, 0.29) is 60.6 Å². The standard InChI is InChI=1S/C28H40O8/c1-14-9-21(36-25(34)16(14)12-29)17(13-30)19-7-6-18-15-10-24(33)28(35)8-4-5-22(31)27(28,3)20(15)11-23(32)26(18,19)2/h4-5,15,17-21,23-24,29-30,32-33,35H,6-13H2,1-3H3. The Kier molecular flexibility index (Phi) is 6.32. The van der Waals surface area contributed by atoms with Gasteiger partial charge in [-0.15, -0.1) is 0 Å². The third-order valence-electron chi connectivity index (χ3n) is 11.4. The SMILES string of the molecule is CC1=C(CO)C(=O)OC(C(CO)C2CCC3C4CC(O)C5(O)CC=CC(=O)C5(C)C4CC(O)C23C)C1. The first-order chi connectivity index (χ1) is 16.9. The molecule has 0 aromatic rings. The lowest BCUT2D eigenvalue weighted by atomic mass is 9.42. The predicted molar refractivity (Wildman–Crippen MR) is 129 cm³/mol. The highest BCUT2D eigenvalue weighted by molar-refractivity contribution is 5.97. The van der Waals surface area contributed by atoms with E-state index in [9.17, 15) is 35.1 Å². The number of esters is 1. The van der Waals surface area contributed by atoms with Gasteiger partial charge in [0.05, 0.1) is 29.8 Å². The molecule has 3 saturated carbocycles. The Bertz CT molecular complexity index is 1000. The molecule has 3 fully saturated rings. The van der Waals surface area contributed by atoms with Gasteiger partial charge in [-0.2, -0.15) is 0 Å². The van der Waals surface area contributed by atoms with Gasteiger partial charge in [-0.05, 0) is 81.1 Å². The van der Waals surface area contributed by atoms with Crippen LogP contribution in [0.3, 0.4) is 0 Å². The van der Waals surface area contributed by atoms with Gasteiger partial charge in [0.1, 0.15) is 11.7 Å². The summed E-state index contributed by atoms with van der Waals surface area (Å²) in [4.78, 5) is 25.7. The highest BCUT2D eigenvalue weighted by Gasteiger charge is 2.71. The Hall–Kier alpha value is -1.58. The molecule has 36 heavy (non-hydrogen) atoms. The molecule has 0 bridgehead atoms. The lowest BCUT2D eigenvalue weighted by molar-refractivity contribution is -0.246. The quantitative estimate of drug-likeness (QED) is 0.360. The molecular formula is C28H40O8. The van der Waals surface area contributed by atoms with E-state index in [4.69, 9.17) is 4.74 Å². The Morgan fingerprint density at radius 2 is 1.81 bits per heavy atom. The minimum absolute atomic E-state index is 0.0102. The number of ketones is 1. The summed E-state index contributed by atoms with van der Waals surface area (Å²) in [5.74, 6) is -1.60. The van der Waals surface area contributed by atoms with Crippen LogP contribution in [0.5, 0.6) is 0 Å². The van der Waals surface area contributed by atoms with Gasteiger partial charge < -0.3 is 30.3 Å². The summed E-state index contributed by atoms with van der Waals surface area (Å²) >= 11 is 0. The molecule has 0 saturated heterocycles. The number of rotatable bonds is 4. The second kappa shape index (κ2) is 8.73. The minimum Gasteiger partial charge on any atom is -0.458 e. The van der Waals surface area contributed by atoms with Crippen molar-refractivity contribution in [3.63, 3.8) is 0 Å². The molecule has 0 aromatic heterocycles. The summed E-state index contributed by atoms with van der Waals surface area (Å²) in [6, 6.07) is 0. The van der Waals surface area contributed by atoms with E-state index in [1.807, 2.05) is 6.92 Å². The van der Waals surface area contributed by atoms with Gasteiger partial charge in [-0.3, -0.25) is 4.79 Å². The van der Waals surface area contributed by atoms with E-state index in [0.29, 0.717) is 19.3 Å². The molecule has 5 aliphatic rings. The summed E-state index contributed by atoms with van der Waals surface area (Å²) in [5.41, 5.74) is -2.31. The summed E-state index contributed by atoms with van der Waals surface area (Å²) in [7, 11) is 0. The number of ether oxygens (including phenoxy) is 1. The molecule has 0 radical (unpaired) electrons. The first kappa shape index (κ1) is 26.0. The van der Waals surface area contributed by atoms with Crippen LogP contribution in [0.15, 0.2) is 23.3 Å². The molecule has 8 heteroatoms. The van der Waals surface area contributed by atoms with Crippen molar-refractivity contribution in [3.8, 4) is 0 Å². The summed E-state index contributed by atoms with van der Waals surface area (Å²) in [5, 5.41) is 54.4. The number of hydrogen-bond acceptors (Lipinski definition) is 8. The topological polar surface area (TPSA) is 145 Å². The molecule has 0 amide bonds. The van der Waals surface area contributed by atoms with Gasteiger partial charge in [0.25, 0.3) is 0 Å². The molecule has 5 rings (SSSR count).